The number of carboxylic acid groups (broad SMARTS) is 1. The molecule has 0 aliphatic heterocycles. The van der Waals surface area contributed by atoms with E-state index < -0.39 is 5.97 Å². The van der Waals surface area contributed by atoms with Crippen molar-refractivity contribution < 1.29 is 24.1 Å². The molecule has 2 aromatic rings. The fourth-order valence-electron chi connectivity index (χ4n) is 2.39. The summed E-state index contributed by atoms with van der Waals surface area (Å²) in [6, 6.07) is 13.6. The molecule has 5 heteroatoms. The Morgan fingerprint density at radius 3 is 2.22 bits per heavy atom. The van der Waals surface area contributed by atoms with Crippen molar-refractivity contribution in [2.75, 3.05) is 13.2 Å². The van der Waals surface area contributed by atoms with Crippen LogP contribution in [0.5, 0.6) is 11.5 Å². The summed E-state index contributed by atoms with van der Waals surface area (Å²) in [5.74, 6) is 0.386. The number of rotatable bonds is 12. The predicted molar refractivity (Wildman–Crippen MR) is 105 cm³/mol. The number of aliphatic carboxylic acids is 1. The second kappa shape index (κ2) is 11.0. The van der Waals surface area contributed by atoms with Crippen LogP contribution >= 0.6 is 0 Å². The Kier molecular flexibility index (Phi) is 8.39. The Hall–Kier alpha value is -2.79. The van der Waals surface area contributed by atoms with Gasteiger partial charge in [0.1, 0.15) is 11.5 Å². The van der Waals surface area contributed by atoms with Crippen molar-refractivity contribution in [3.8, 4) is 11.5 Å². The lowest BCUT2D eigenvalue weighted by atomic mass is 10.1. The van der Waals surface area contributed by atoms with Crippen LogP contribution in [-0.4, -0.2) is 24.3 Å². The fourth-order valence-corrected chi connectivity index (χ4v) is 2.39. The van der Waals surface area contributed by atoms with E-state index in [9.17, 15) is 4.79 Å². The molecule has 0 bridgehead atoms. The molecule has 5 nitrogen and oxygen atoms in total. The maximum Gasteiger partial charge on any atom is 0.306 e. The molecule has 144 valence electrons. The van der Waals surface area contributed by atoms with Gasteiger partial charge in [-0.1, -0.05) is 43.8 Å². The van der Waals surface area contributed by atoms with Crippen LogP contribution in [0.25, 0.3) is 6.08 Å². The van der Waals surface area contributed by atoms with Crippen molar-refractivity contribution in [3.63, 3.8) is 0 Å². The molecule has 0 aliphatic carbocycles. The smallest absolute Gasteiger partial charge is 0.306 e. The molecule has 0 aliphatic rings. The van der Waals surface area contributed by atoms with Gasteiger partial charge in [0.05, 0.1) is 32.8 Å². The first-order valence-electron chi connectivity index (χ1n) is 9.01. The zero-order chi connectivity index (χ0) is 19.5. The second-order valence-corrected chi connectivity index (χ2v) is 6.09. The Morgan fingerprint density at radius 2 is 1.63 bits per heavy atom. The van der Waals surface area contributed by atoms with Gasteiger partial charge in [-0.2, -0.15) is 0 Å². The molecule has 0 fully saturated rings. The van der Waals surface area contributed by atoms with Gasteiger partial charge >= 0.3 is 5.97 Å². The lowest BCUT2D eigenvalue weighted by Gasteiger charge is -2.12. The molecule has 2 rings (SSSR count). The molecule has 2 aromatic carbocycles. The average molecular weight is 370 g/mol. The van der Waals surface area contributed by atoms with Crippen molar-refractivity contribution in [1.82, 2.24) is 0 Å². The lowest BCUT2D eigenvalue weighted by molar-refractivity contribution is -0.137. The summed E-state index contributed by atoms with van der Waals surface area (Å²) in [4.78, 5) is 10.7. The van der Waals surface area contributed by atoms with Gasteiger partial charge in [-0.25, -0.2) is 0 Å². The Labute approximate surface area is 160 Å². The fraction of sp³-hybridized carbons (Fsp3) is 0.318. The van der Waals surface area contributed by atoms with Crippen LogP contribution in [0.1, 0.15) is 36.5 Å². The van der Waals surface area contributed by atoms with Crippen molar-refractivity contribution >= 4 is 12.0 Å². The number of hydrogen-bond donors (Lipinski definition) is 1. The highest BCUT2D eigenvalue weighted by atomic mass is 16.5. The Bertz CT molecular complexity index is 737. The SMILES string of the molecule is C=Cc1ccc(COCc2cc(OCCC)cc(OCCC(=O)O)c2)cc1. The van der Waals surface area contributed by atoms with Crippen molar-refractivity contribution in [3.05, 3.63) is 65.7 Å². The van der Waals surface area contributed by atoms with Crippen molar-refractivity contribution in [1.29, 1.82) is 0 Å². The maximum atomic E-state index is 10.7. The van der Waals surface area contributed by atoms with Gasteiger partial charge in [0.2, 0.25) is 0 Å². The van der Waals surface area contributed by atoms with Crippen molar-refractivity contribution in [2.45, 2.75) is 33.0 Å². The summed E-state index contributed by atoms with van der Waals surface area (Å²) in [7, 11) is 0. The molecule has 0 radical (unpaired) electrons. The number of hydrogen-bond acceptors (Lipinski definition) is 4. The minimum atomic E-state index is -0.889. The van der Waals surface area contributed by atoms with Crippen LogP contribution in [-0.2, 0) is 22.7 Å². The number of carbonyl (C=O) groups is 1. The van der Waals surface area contributed by atoms with E-state index >= 15 is 0 Å². The van der Waals surface area contributed by atoms with Gasteiger partial charge in [-0.05, 0) is 35.2 Å². The summed E-state index contributed by atoms with van der Waals surface area (Å²) in [5.41, 5.74) is 3.07. The van der Waals surface area contributed by atoms with Crippen molar-refractivity contribution in [2.24, 2.45) is 0 Å². The summed E-state index contributed by atoms with van der Waals surface area (Å²) in [5, 5.41) is 8.74. The highest BCUT2D eigenvalue weighted by Crippen LogP contribution is 2.24. The molecule has 0 amide bonds. The Morgan fingerprint density at radius 1 is 1.00 bits per heavy atom. The first kappa shape index (κ1) is 20.5. The van der Waals surface area contributed by atoms with E-state index in [1.807, 2.05) is 43.3 Å². The van der Waals surface area contributed by atoms with E-state index in [-0.39, 0.29) is 13.0 Å². The summed E-state index contributed by atoms with van der Waals surface area (Å²) >= 11 is 0. The van der Waals surface area contributed by atoms with Crippen LogP contribution < -0.4 is 9.47 Å². The minimum Gasteiger partial charge on any atom is -0.493 e. The quantitative estimate of drug-likeness (QED) is 0.587. The average Bonchev–Trinajstić information content (AvgIpc) is 2.66. The first-order valence-corrected chi connectivity index (χ1v) is 9.01. The van der Waals surface area contributed by atoms with Crippen LogP contribution in [0.3, 0.4) is 0 Å². The molecular formula is C22H26O5. The van der Waals surface area contributed by atoms with E-state index in [1.165, 1.54) is 0 Å². The lowest BCUT2D eigenvalue weighted by Crippen LogP contribution is -2.05. The first-order chi connectivity index (χ1) is 13.1. The second-order valence-electron chi connectivity index (χ2n) is 6.09. The van der Waals surface area contributed by atoms with E-state index in [0.29, 0.717) is 31.3 Å². The van der Waals surface area contributed by atoms with Crippen LogP contribution in [0, 0.1) is 0 Å². The van der Waals surface area contributed by atoms with Gasteiger partial charge in [-0.3, -0.25) is 4.79 Å². The summed E-state index contributed by atoms with van der Waals surface area (Å²) in [6.45, 7) is 7.40. The summed E-state index contributed by atoms with van der Waals surface area (Å²) < 4.78 is 17.0. The molecule has 0 spiro atoms. The molecule has 0 aromatic heterocycles. The van der Waals surface area contributed by atoms with Gasteiger partial charge in [-0.15, -0.1) is 0 Å². The maximum absolute atomic E-state index is 10.7. The van der Waals surface area contributed by atoms with E-state index in [1.54, 1.807) is 12.1 Å². The van der Waals surface area contributed by atoms with Crippen LogP contribution in [0.15, 0.2) is 49.0 Å². The van der Waals surface area contributed by atoms with Gasteiger partial charge in [0.15, 0.2) is 0 Å². The molecule has 0 atom stereocenters. The van der Waals surface area contributed by atoms with E-state index in [2.05, 4.69) is 6.58 Å². The zero-order valence-corrected chi connectivity index (χ0v) is 15.6. The van der Waals surface area contributed by atoms with Gasteiger partial charge in [0.25, 0.3) is 0 Å². The monoisotopic (exact) mass is 370 g/mol. The largest absolute Gasteiger partial charge is 0.493 e. The third kappa shape index (κ3) is 7.54. The number of carboxylic acids is 1. The standard InChI is InChI=1S/C22H26O5/c1-3-10-26-20-12-19(13-21(14-20)27-11-9-22(23)24)16-25-15-18-7-5-17(4-2)6-8-18/h4-8,12-14H,2-3,9-11,15-16H2,1H3,(H,23,24). The molecular weight excluding hydrogens is 344 g/mol. The van der Waals surface area contributed by atoms with Crippen LogP contribution in [0.2, 0.25) is 0 Å². The third-order valence-corrected chi connectivity index (χ3v) is 3.75. The zero-order valence-electron chi connectivity index (χ0n) is 15.6. The van der Waals surface area contributed by atoms with Gasteiger partial charge in [0, 0.05) is 6.07 Å². The van der Waals surface area contributed by atoms with E-state index in [0.717, 1.165) is 23.1 Å². The molecule has 0 heterocycles. The topological polar surface area (TPSA) is 65.0 Å². The number of benzene rings is 2. The predicted octanol–water partition coefficient (Wildman–Crippen LogP) is 4.69. The number of ether oxygens (including phenoxy) is 3. The molecule has 27 heavy (non-hydrogen) atoms. The normalized spacial score (nSPS) is 10.4. The van der Waals surface area contributed by atoms with Gasteiger partial charge < -0.3 is 19.3 Å². The highest BCUT2D eigenvalue weighted by molar-refractivity contribution is 5.66. The third-order valence-electron chi connectivity index (χ3n) is 3.75. The highest BCUT2D eigenvalue weighted by Gasteiger charge is 2.06. The molecule has 1 N–H and O–H groups in total. The minimum absolute atomic E-state index is 0.0490. The summed E-state index contributed by atoms with van der Waals surface area (Å²) in [6.07, 6.45) is 2.65. The molecule has 0 saturated heterocycles. The van der Waals surface area contributed by atoms with E-state index in [4.69, 9.17) is 19.3 Å². The van der Waals surface area contributed by atoms with Crippen LogP contribution in [0.4, 0.5) is 0 Å². The molecule has 0 saturated carbocycles. The Balaban J connectivity index is 1.97. The molecule has 0 unspecified atom stereocenters.